The highest BCUT2D eigenvalue weighted by molar-refractivity contribution is 7.90. The maximum atomic E-state index is 12.2. The van der Waals surface area contributed by atoms with Crippen LogP contribution in [0.4, 0.5) is 0 Å². The van der Waals surface area contributed by atoms with E-state index in [9.17, 15) is 13.2 Å². The summed E-state index contributed by atoms with van der Waals surface area (Å²) in [6.45, 7) is 1.72. The summed E-state index contributed by atoms with van der Waals surface area (Å²) in [6.07, 6.45) is 3.21. The fourth-order valence-electron chi connectivity index (χ4n) is 2.92. The van der Waals surface area contributed by atoms with Crippen LogP contribution in [-0.2, 0) is 14.8 Å². The molecule has 1 saturated heterocycles. The lowest BCUT2D eigenvalue weighted by Crippen LogP contribution is -2.43. The van der Waals surface area contributed by atoms with E-state index in [0.717, 1.165) is 25.7 Å². The molecule has 0 aromatic heterocycles. The first-order valence-corrected chi connectivity index (χ1v) is 9.99. The van der Waals surface area contributed by atoms with Gasteiger partial charge in [-0.3, -0.25) is 4.79 Å². The van der Waals surface area contributed by atoms with Crippen molar-refractivity contribution < 1.29 is 17.9 Å². The van der Waals surface area contributed by atoms with Crippen LogP contribution in [0.15, 0.2) is 30.3 Å². The summed E-state index contributed by atoms with van der Waals surface area (Å²) >= 11 is 0. The van der Waals surface area contributed by atoms with Crippen LogP contribution in [-0.4, -0.2) is 50.1 Å². The topological polar surface area (TPSA) is 75.7 Å². The minimum absolute atomic E-state index is 0.00107. The van der Waals surface area contributed by atoms with E-state index in [-0.39, 0.29) is 17.8 Å². The molecule has 1 saturated carbocycles. The maximum absolute atomic E-state index is 12.2. The van der Waals surface area contributed by atoms with Gasteiger partial charge >= 0.3 is 0 Å². The average molecular weight is 352 g/mol. The lowest BCUT2D eigenvalue weighted by atomic mass is 9.98. The molecule has 7 heteroatoms. The Morgan fingerprint density at radius 3 is 2.42 bits per heavy atom. The number of carbonyl (C=O) groups excluding carboxylic acids is 1. The number of nitrogens with one attached hydrogen (secondary N) is 1. The third-order valence-electron chi connectivity index (χ3n) is 4.58. The van der Waals surface area contributed by atoms with Crippen LogP contribution in [0.3, 0.4) is 0 Å². The van der Waals surface area contributed by atoms with Crippen LogP contribution in [0.1, 0.15) is 25.7 Å². The number of piperidine rings is 1. The van der Waals surface area contributed by atoms with E-state index in [0.29, 0.717) is 31.3 Å². The fourth-order valence-corrected chi connectivity index (χ4v) is 4.79. The lowest BCUT2D eigenvalue weighted by Gasteiger charge is -2.31. The summed E-state index contributed by atoms with van der Waals surface area (Å²) in [5.41, 5.74) is 0. The van der Waals surface area contributed by atoms with Gasteiger partial charge in [-0.2, -0.15) is 0 Å². The van der Waals surface area contributed by atoms with E-state index in [1.807, 2.05) is 30.3 Å². The second-order valence-corrected chi connectivity index (χ2v) is 8.71. The summed E-state index contributed by atoms with van der Waals surface area (Å²) in [5.74, 6) is 0.856. The molecule has 24 heavy (non-hydrogen) atoms. The number of sulfonamides is 1. The van der Waals surface area contributed by atoms with Gasteiger partial charge in [-0.05, 0) is 43.7 Å². The van der Waals surface area contributed by atoms with Crippen LogP contribution in [0.2, 0.25) is 0 Å². The van der Waals surface area contributed by atoms with E-state index in [4.69, 9.17) is 4.74 Å². The molecule has 132 valence electrons. The number of hydrogen-bond acceptors (Lipinski definition) is 4. The molecule has 0 atom stereocenters. The SMILES string of the molecule is O=C(COc1ccccc1)NCC1CCN(S(=O)(=O)C2CC2)CC1. The van der Waals surface area contributed by atoms with E-state index in [2.05, 4.69) is 5.32 Å². The zero-order valence-electron chi connectivity index (χ0n) is 13.7. The number of benzene rings is 1. The van der Waals surface area contributed by atoms with Crippen molar-refractivity contribution in [3.05, 3.63) is 30.3 Å². The van der Waals surface area contributed by atoms with Gasteiger partial charge < -0.3 is 10.1 Å². The molecule has 2 fully saturated rings. The van der Waals surface area contributed by atoms with Crippen LogP contribution in [0.25, 0.3) is 0 Å². The molecule has 0 bridgehead atoms. The number of nitrogens with zero attached hydrogens (tertiary/aromatic N) is 1. The van der Waals surface area contributed by atoms with Gasteiger partial charge in [-0.25, -0.2) is 12.7 Å². The molecule has 0 radical (unpaired) electrons. The Morgan fingerprint density at radius 1 is 1.12 bits per heavy atom. The van der Waals surface area contributed by atoms with Gasteiger partial charge in [-0.15, -0.1) is 0 Å². The first-order chi connectivity index (χ1) is 11.6. The van der Waals surface area contributed by atoms with Gasteiger partial charge in [0.15, 0.2) is 6.61 Å². The highest BCUT2D eigenvalue weighted by Crippen LogP contribution is 2.32. The molecule has 1 aliphatic heterocycles. The van der Waals surface area contributed by atoms with E-state index in [1.54, 1.807) is 4.31 Å². The number of amides is 1. The largest absolute Gasteiger partial charge is 0.484 e. The molecule has 1 heterocycles. The van der Waals surface area contributed by atoms with Gasteiger partial charge in [0.25, 0.3) is 5.91 Å². The second kappa shape index (κ2) is 7.53. The number of hydrogen-bond donors (Lipinski definition) is 1. The molecule has 0 spiro atoms. The average Bonchev–Trinajstić information content (AvgIpc) is 3.45. The normalized spacial score (nSPS) is 19.8. The van der Waals surface area contributed by atoms with Gasteiger partial charge in [0.1, 0.15) is 5.75 Å². The molecule has 1 aliphatic carbocycles. The molecule has 2 aliphatic rings. The van der Waals surface area contributed by atoms with Crippen molar-refractivity contribution in [3.63, 3.8) is 0 Å². The van der Waals surface area contributed by atoms with Crippen molar-refractivity contribution in [2.45, 2.75) is 30.9 Å². The minimum Gasteiger partial charge on any atom is -0.484 e. The van der Waals surface area contributed by atoms with E-state index < -0.39 is 10.0 Å². The standard InChI is InChI=1S/C17H24N2O4S/c20-17(13-23-15-4-2-1-3-5-15)18-12-14-8-10-19(11-9-14)24(21,22)16-6-7-16/h1-5,14,16H,6-13H2,(H,18,20). The highest BCUT2D eigenvalue weighted by atomic mass is 32.2. The van der Waals surface area contributed by atoms with E-state index >= 15 is 0 Å². The van der Waals surface area contributed by atoms with Crippen molar-refractivity contribution >= 4 is 15.9 Å². The van der Waals surface area contributed by atoms with Crippen LogP contribution in [0.5, 0.6) is 5.75 Å². The number of ether oxygens (including phenoxy) is 1. The molecular weight excluding hydrogens is 328 g/mol. The molecule has 1 N–H and O–H groups in total. The Hall–Kier alpha value is -1.60. The Labute approximate surface area is 143 Å². The Kier molecular flexibility index (Phi) is 5.40. The first-order valence-electron chi connectivity index (χ1n) is 8.49. The third-order valence-corrected chi connectivity index (χ3v) is 6.98. The molecule has 1 aromatic carbocycles. The maximum Gasteiger partial charge on any atom is 0.257 e. The quantitative estimate of drug-likeness (QED) is 0.804. The van der Waals surface area contributed by atoms with Crippen molar-refractivity contribution in [1.29, 1.82) is 0 Å². The number of carbonyl (C=O) groups is 1. The molecule has 3 rings (SSSR count). The van der Waals surface area contributed by atoms with Gasteiger partial charge in [0, 0.05) is 19.6 Å². The van der Waals surface area contributed by atoms with Crippen LogP contribution in [0, 0.1) is 5.92 Å². The first kappa shape index (κ1) is 17.2. The summed E-state index contributed by atoms with van der Waals surface area (Å²) < 4.78 is 31.4. The fraction of sp³-hybridized carbons (Fsp3) is 0.588. The Bertz CT molecular complexity index is 650. The smallest absolute Gasteiger partial charge is 0.257 e. The van der Waals surface area contributed by atoms with E-state index in [1.165, 1.54) is 0 Å². The number of para-hydroxylation sites is 1. The van der Waals surface area contributed by atoms with Gasteiger partial charge in [0.2, 0.25) is 10.0 Å². The van der Waals surface area contributed by atoms with Crippen LogP contribution < -0.4 is 10.1 Å². The summed E-state index contributed by atoms with van der Waals surface area (Å²) in [5, 5.41) is 2.74. The number of rotatable bonds is 7. The zero-order valence-corrected chi connectivity index (χ0v) is 14.5. The monoisotopic (exact) mass is 352 g/mol. The lowest BCUT2D eigenvalue weighted by molar-refractivity contribution is -0.123. The van der Waals surface area contributed by atoms with Crippen LogP contribution >= 0.6 is 0 Å². The van der Waals surface area contributed by atoms with Crippen molar-refractivity contribution in [1.82, 2.24) is 9.62 Å². The van der Waals surface area contributed by atoms with Gasteiger partial charge in [-0.1, -0.05) is 18.2 Å². The predicted octanol–water partition coefficient (Wildman–Crippen LogP) is 1.39. The zero-order chi connectivity index (χ0) is 17.0. The summed E-state index contributed by atoms with van der Waals surface area (Å²) in [4.78, 5) is 11.8. The molecule has 6 nitrogen and oxygen atoms in total. The van der Waals surface area contributed by atoms with Crippen molar-refractivity contribution in [3.8, 4) is 5.75 Å². The Balaban J connectivity index is 1.35. The minimum atomic E-state index is -3.06. The third kappa shape index (κ3) is 4.48. The molecule has 1 amide bonds. The summed E-state index contributed by atoms with van der Waals surface area (Å²) in [6, 6.07) is 9.22. The highest BCUT2D eigenvalue weighted by Gasteiger charge is 2.41. The predicted molar refractivity (Wildman–Crippen MR) is 91.2 cm³/mol. The van der Waals surface area contributed by atoms with Crippen molar-refractivity contribution in [2.75, 3.05) is 26.2 Å². The van der Waals surface area contributed by atoms with Crippen molar-refractivity contribution in [2.24, 2.45) is 5.92 Å². The van der Waals surface area contributed by atoms with Gasteiger partial charge in [0.05, 0.1) is 5.25 Å². The second-order valence-electron chi connectivity index (χ2n) is 6.49. The molecule has 1 aromatic rings. The molecular formula is C17H24N2O4S. The summed E-state index contributed by atoms with van der Waals surface area (Å²) in [7, 11) is -3.06. The Morgan fingerprint density at radius 2 is 1.79 bits per heavy atom. The molecule has 0 unspecified atom stereocenters.